The van der Waals surface area contributed by atoms with E-state index >= 15 is 0 Å². The lowest BCUT2D eigenvalue weighted by Crippen LogP contribution is -2.11. The standard InChI is InChI=1S/C25H28N4S2/c1-15-8-22(30-13-20-6-4-18(24(26)27)10-16(20)2)12-23(9-15)31-14-21-7-5-19(25(28)29)11-17(21)3/h4-12H,13-14H2,1-3H3,(H3,26,27)(H3,28,29). The number of hydrogen-bond donors (Lipinski definition) is 4. The SMILES string of the molecule is Cc1cc(SCc2ccc(C(=N)N)cc2C)cc(SCc2ccc(C(=N)N)cc2C)c1. The van der Waals surface area contributed by atoms with Crippen molar-refractivity contribution < 1.29 is 0 Å². The second kappa shape index (κ2) is 10.1. The van der Waals surface area contributed by atoms with Crippen LogP contribution < -0.4 is 11.5 Å². The predicted octanol–water partition coefficient (Wildman–Crippen LogP) is 5.76. The average molecular weight is 449 g/mol. The zero-order valence-corrected chi connectivity index (χ0v) is 19.7. The molecule has 0 spiro atoms. The van der Waals surface area contributed by atoms with Gasteiger partial charge in [0.25, 0.3) is 0 Å². The number of amidine groups is 2. The first kappa shape index (κ1) is 23.0. The van der Waals surface area contributed by atoms with Crippen LogP contribution in [0.15, 0.2) is 64.4 Å². The number of nitrogens with one attached hydrogen (secondary N) is 2. The van der Waals surface area contributed by atoms with Crippen molar-refractivity contribution in [2.45, 2.75) is 42.1 Å². The van der Waals surface area contributed by atoms with E-state index < -0.39 is 0 Å². The number of benzene rings is 3. The van der Waals surface area contributed by atoms with Gasteiger partial charge in [-0.2, -0.15) is 0 Å². The minimum Gasteiger partial charge on any atom is -0.384 e. The molecule has 0 bridgehead atoms. The van der Waals surface area contributed by atoms with Crippen LogP contribution in [-0.4, -0.2) is 11.7 Å². The maximum atomic E-state index is 7.59. The Balaban J connectivity index is 1.68. The first-order valence-corrected chi connectivity index (χ1v) is 11.9. The maximum absolute atomic E-state index is 7.59. The Bertz CT molecular complexity index is 1050. The molecule has 0 amide bonds. The summed E-state index contributed by atoms with van der Waals surface area (Å²) in [6.45, 7) is 6.27. The molecule has 0 aliphatic carbocycles. The highest BCUT2D eigenvalue weighted by molar-refractivity contribution is 7.99. The van der Waals surface area contributed by atoms with E-state index in [-0.39, 0.29) is 11.7 Å². The molecule has 0 aliphatic heterocycles. The van der Waals surface area contributed by atoms with Gasteiger partial charge in [-0.3, -0.25) is 10.8 Å². The summed E-state index contributed by atoms with van der Waals surface area (Å²) in [7, 11) is 0. The molecule has 3 aromatic rings. The molecule has 6 heteroatoms. The van der Waals surface area contributed by atoms with Gasteiger partial charge in [0.2, 0.25) is 0 Å². The van der Waals surface area contributed by atoms with Gasteiger partial charge in [0, 0.05) is 32.4 Å². The van der Waals surface area contributed by atoms with Gasteiger partial charge in [-0.15, -0.1) is 23.5 Å². The lowest BCUT2D eigenvalue weighted by molar-refractivity contribution is 1.23. The van der Waals surface area contributed by atoms with Crippen molar-refractivity contribution in [3.8, 4) is 0 Å². The van der Waals surface area contributed by atoms with Gasteiger partial charge >= 0.3 is 0 Å². The Morgan fingerprint density at radius 3 is 1.45 bits per heavy atom. The number of nitrogens with two attached hydrogens (primary N) is 2. The highest BCUT2D eigenvalue weighted by Gasteiger charge is 2.07. The molecule has 0 saturated heterocycles. The molecule has 0 fully saturated rings. The summed E-state index contributed by atoms with van der Waals surface area (Å²) in [5.41, 5.74) is 18.8. The summed E-state index contributed by atoms with van der Waals surface area (Å²) in [5.74, 6) is 1.97. The summed E-state index contributed by atoms with van der Waals surface area (Å²) in [6, 6.07) is 18.6. The van der Waals surface area contributed by atoms with E-state index in [0.717, 1.165) is 33.8 Å². The zero-order valence-electron chi connectivity index (χ0n) is 18.1. The van der Waals surface area contributed by atoms with Crippen LogP contribution in [0.25, 0.3) is 0 Å². The third-order valence-electron chi connectivity index (χ3n) is 5.12. The number of rotatable bonds is 8. The molecule has 0 radical (unpaired) electrons. The van der Waals surface area contributed by atoms with E-state index in [0.29, 0.717) is 0 Å². The fourth-order valence-corrected chi connectivity index (χ4v) is 5.58. The predicted molar refractivity (Wildman–Crippen MR) is 135 cm³/mol. The monoisotopic (exact) mass is 448 g/mol. The quantitative estimate of drug-likeness (QED) is 0.200. The number of thioether (sulfide) groups is 2. The maximum Gasteiger partial charge on any atom is 0.122 e. The fraction of sp³-hybridized carbons (Fsp3) is 0.200. The van der Waals surface area contributed by atoms with Gasteiger partial charge < -0.3 is 11.5 Å². The fourth-order valence-electron chi connectivity index (χ4n) is 3.25. The van der Waals surface area contributed by atoms with Crippen LogP contribution in [0.3, 0.4) is 0 Å². The molecule has 0 aromatic heterocycles. The second-order valence-corrected chi connectivity index (χ2v) is 9.77. The molecule has 4 nitrogen and oxygen atoms in total. The van der Waals surface area contributed by atoms with Gasteiger partial charge in [0.05, 0.1) is 0 Å². The van der Waals surface area contributed by atoms with Crippen molar-refractivity contribution in [3.05, 3.63) is 93.5 Å². The molecule has 160 valence electrons. The van der Waals surface area contributed by atoms with Crippen LogP contribution in [-0.2, 0) is 11.5 Å². The van der Waals surface area contributed by atoms with E-state index in [9.17, 15) is 0 Å². The Labute approximate surface area is 192 Å². The van der Waals surface area contributed by atoms with Crippen molar-refractivity contribution in [1.29, 1.82) is 10.8 Å². The van der Waals surface area contributed by atoms with Crippen LogP contribution in [0, 0.1) is 31.6 Å². The smallest absolute Gasteiger partial charge is 0.122 e. The van der Waals surface area contributed by atoms with Crippen LogP contribution in [0.2, 0.25) is 0 Å². The van der Waals surface area contributed by atoms with Gasteiger partial charge in [0.15, 0.2) is 0 Å². The summed E-state index contributed by atoms with van der Waals surface area (Å²) < 4.78 is 0. The molecule has 0 atom stereocenters. The van der Waals surface area contributed by atoms with Crippen LogP contribution in [0.1, 0.15) is 38.9 Å². The highest BCUT2D eigenvalue weighted by Crippen LogP contribution is 2.32. The van der Waals surface area contributed by atoms with E-state index in [1.807, 2.05) is 47.8 Å². The Hall–Kier alpha value is -2.70. The summed E-state index contributed by atoms with van der Waals surface area (Å²) >= 11 is 3.65. The topological polar surface area (TPSA) is 99.7 Å². The zero-order chi connectivity index (χ0) is 22.5. The van der Waals surface area contributed by atoms with E-state index in [4.69, 9.17) is 22.3 Å². The molecule has 3 aromatic carbocycles. The second-order valence-electron chi connectivity index (χ2n) is 7.67. The minimum absolute atomic E-state index is 0.105. The average Bonchev–Trinajstić information content (AvgIpc) is 2.71. The Morgan fingerprint density at radius 2 is 1.10 bits per heavy atom. The Morgan fingerprint density at radius 1 is 0.677 bits per heavy atom. The van der Waals surface area contributed by atoms with Crippen LogP contribution in [0.4, 0.5) is 0 Å². The van der Waals surface area contributed by atoms with Crippen molar-refractivity contribution in [2.75, 3.05) is 0 Å². The third-order valence-corrected chi connectivity index (χ3v) is 7.17. The van der Waals surface area contributed by atoms with Gasteiger partial charge in [-0.05, 0) is 78.9 Å². The number of hydrogen-bond acceptors (Lipinski definition) is 4. The van der Waals surface area contributed by atoms with Gasteiger partial charge in [-0.1, -0.05) is 24.3 Å². The normalized spacial score (nSPS) is 10.8. The van der Waals surface area contributed by atoms with E-state index in [1.165, 1.54) is 26.5 Å². The van der Waals surface area contributed by atoms with Gasteiger partial charge in [0.1, 0.15) is 11.7 Å². The molecule has 31 heavy (non-hydrogen) atoms. The molecule has 0 saturated carbocycles. The minimum atomic E-state index is 0.105. The molecule has 0 heterocycles. The molecular weight excluding hydrogens is 420 g/mol. The van der Waals surface area contributed by atoms with Crippen molar-refractivity contribution in [2.24, 2.45) is 11.5 Å². The van der Waals surface area contributed by atoms with Crippen molar-refractivity contribution in [1.82, 2.24) is 0 Å². The highest BCUT2D eigenvalue weighted by atomic mass is 32.2. The largest absolute Gasteiger partial charge is 0.384 e. The molecule has 0 unspecified atom stereocenters. The summed E-state index contributed by atoms with van der Waals surface area (Å²) in [5, 5.41) is 15.2. The number of nitrogen functional groups attached to an aromatic ring is 2. The summed E-state index contributed by atoms with van der Waals surface area (Å²) in [4.78, 5) is 2.50. The lowest BCUT2D eigenvalue weighted by atomic mass is 10.1. The third kappa shape index (κ3) is 6.15. The number of aryl methyl sites for hydroxylation is 3. The van der Waals surface area contributed by atoms with E-state index in [1.54, 1.807) is 0 Å². The van der Waals surface area contributed by atoms with E-state index in [2.05, 4.69) is 51.1 Å². The Kier molecular flexibility index (Phi) is 7.46. The van der Waals surface area contributed by atoms with Crippen LogP contribution >= 0.6 is 23.5 Å². The summed E-state index contributed by atoms with van der Waals surface area (Å²) in [6.07, 6.45) is 0. The van der Waals surface area contributed by atoms with Crippen LogP contribution in [0.5, 0.6) is 0 Å². The molecule has 3 rings (SSSR count). The van der Waals surface area contributed by atoms with Crippen molar-refractivity contribution >= 4 is 35.2 Å². The first-order valence-electron chi connectivity index (χ1n) is 9.98. The first-order chi connectivity index (χ1) is 14.7. The molecular formula is C25H28N4S2. The van der Waals surface area contributed by atoms with Gasteiger partial charge in [-0.25, -0.2) is 0 Å². The van der Waals surface area contributed by atoms with Crippen molar-refractivity contribution in [3.63, 3.8) is 0 Å². The molecule has 6 N–H and O–H groups in total. The lowest BCUT2D eigenvalue weighted by Gasteiger charge is -2.11. The molecule has 0 aliphatic rings.